The molecule has 1 amide bonds. The number of rotatable bonds is 12. The van der Waals surface area contributed by atoms with E-state index in [9.17, 15) is 4.79 Å². The summed E-state index contributed by atoms with van der Waals surface area (Å²) in [6.45, 7) is 10.2. The Balaban J connectivity index is 1.23. The van der Waals surface area contributed by atoms with Crippen LogP contribution in [0.5, 0.6) is 0 Å². The highest BCUT2D eigenvalue weighted by molar-refractivity contribution is 5.78. The predicted octanol–water partition coefficient (Wildman–Crippen LogP) is -0.533. The van der Waals surface area contributed by atoms with E-state index in [4.69, 9.17) is 0 Å². The maximum atomic E-state index is 13.1. The zero-order valence-electron chi connectivity index (χ0n) is 22.7. The fourth-order valence-corrected chi connectivity index (χ4v) is 6.69. The highest BCUT2D eigenvalue weighted by Crippen LogP contribution is 2.26. The van der Waals surface area contributed by atoms with Gasteiger partial charge in [0.15, 0.2) is 0 Å². The van der Waals surface area contributed by atoms with Crippen LogP contribution in [0.4, 0.5) is 0 Å². The summed E-state index contributed by atoms with van der Waals surface area (Å²) in [7, 11) is 2.02. The molecule has 10 heteroatoms. The molecule has 0 spiro atoms. The third-order valence-electron chi connectivity index (χ3n) is 8.97. The molecule has 0 aromatic carbocycles. The van der Waals surface area contributed by atoms with Crippen molar-refractivity contribution in [3.8, 4) is 0 Å². The lowest BCUT2D eigenvalue weighted by Gasteiger charge is -2.36. The summed E-state index contributed by atoms with van der Waals surface area (Å²) in [5, 5.41) is 21.0. The molecule has 4 rings (SSSR count). The summed E-state index contributed by atoms with van der Waals surface area (Å²) >= 11 is 0. The molecule has 0 aromatic rings. The lowest BCUT2D eigenvalue weighted by Crippen LogP contribution is -2.59. The maximum Gasteiger partial charge on any atom is 0.223 e. The molecule has 3 heterocycles. The summed E-state index contributed by atoms with van der Waals surface area (Å²) in [5.74, 6) is 1.73. The highest BCUT2D eigenvalue weighted by atomic mass is 16.1. The molecule has 3 saturated heterocycles. The van der Waals surface area contributed by atoms with Crippen molar-refractivity contribution < 1.29 is 4.79 Å². The monoisotopic (exact) mass is 507 g/mol. The molecular weight excluding hydrogens is 454 g/mol. The second-order valence-electron chi connectivity index (χ2n) is 11.4. The molecule has 10 nitrogen and oxygen atoms in total. The van der Waals surface area contributed by atoms with Gasteiger partial charge in [-0.1, -0.05) is 19.8 Å². The smallest absolute Gasteiger partial charge is 0.223 e. The molecule has 8 N–H and O–H groups in total. The van der Waals surface area contributed by atoms with Crippen molar-refractivity contribution in [3.63, 3.8) is 0 Å². The lowest BCUT2D eigenvalue weighted by atomic mass is 9.83. The molecule has 36 heavy (non-hydrogen) atoms. The molecule has 7 unspecified atom stereocenters. The van der Waals surface area contributed by atoms with E-state index in [1.807, 2.05) is 7.05 Å². The van der Waals surface area contributed by atoms with E-state index in [-0.39, 0.29) is 18.0 Å². The van der Waals surface area contributed by atoms with Crippen LogP contribution in [0.25, 0.3) is 0 Å². The van der Waals surface area contributed by atoms with Gasteiger partial charge in [-0.3, -0.25) is 15.0 Å². The van der Waals surface area contributed by atoms with Gasteiger partial charge in [-0.25, -0.2) is 10.9 Å². The molecule has 7 atom stereocenters. The molecular formula is C26H53N9O. The Hall–Kier alpha value is -0.850. The Bertz CT molecular complexity index is 647. The van der Waals surface area contributed by atoms with E-state index >= 15 is 0 Å². The van der Waals surface area contributed by atoms with Crippen molar-refractivity contribution in [2.75, 3.05) is 59.5 Å². The van der Waals surface area contributed by atoms with E-state index in [1.54, 1.807) is 0 Å². The van der Waals surface area contributed by atoms with E-state index in [1.165, 1.54) is 12.8 Å². The second kappa shape index (κ2) is 14.9. The first-order valence-corrected chi connectivity index (χ1v) is 14.8. The molecule has 0 radical (unpaired) electrons. The summed E-state index contributed by atoms with van der Waals surface area (Å²) in [6.07, 6.45) is 9.43. The van der Waals surface area contributed by atoms with Crippen LogP contribution in [0.2, 0.25) is 0 Å². The van der Waals surface area contributed by atoms with Gasteiger partial charge in [-0.15, -0.1) is 0 Å². The summed E-state index contributed by atoms with van der Waals surface area (Å²) in [6, 6.07) is 0.849. The number of hydrazine groups is 1. The average molecular weight is 508 g/mol. The Morgan fingerprint density at radius 2 is 1.92 bits per heavy atom. The number of nitrogens with one attached hydrogen (secondary N) is 8. The van der Waals surface area contributed by atoms with Gasteiger partial charge < -0.3 is 26.6 Å². The van der Waals surface area contributed by atoms with Crippen LogP contribution in [-0.2, 0) is 4.79 Å². The summed E-state index contributed by atoms with van der Waals surface area (Å²) < 4.78 is 0. The van der Waals surface area contributed by atoms with Crippen LogP contribution in [-0.4, -0.2) is 94.8 Å². The first-order valence-electron chi connectivity index (χ1n) is 14.8. The molecule has 4 fully saturated rings. The van der Waals surface area contributed by atoms with Crippen LogP contribution >= 0.6 is 0 Å². The van der Waals surface area contributed by atoms with Crippen LogP contribution in [0.15, 0.2) is 0 Å². The van der Waals surface area contributed by atoms with Gasteiger partial charge in [0.25, 0.3) is 0 Å². The van der Waals surface area contributed by atoms with Gasteiger partial charge in [0.05, 0.1) is 12.3 Å². The number of hydrogen-bond acceptors (Lipinski definition) is 9. The molecule has 4 aliphatic rings. The SMILES string of the molecule is CCC1CNCCC1CNC(=O)C1CCCC(NCC2NNC(C3CCNCN3)N2CCCNC)C1. The van der Waals surface area contributed by atoms with Gasteiger partial charge in [-0.2, -0.15) is 0 Å². The number of piperidine rings is 1. The number of amides is 1. The van der Waals surface area contributed by atoms with Crippen LogP contribution < -0.4 is 42.8 Å². The minimum Gasteiger partial charge on any atom is -0.356 e. The van der Waals surface area contributed by atoms with Gasteiger partial charge in [0.1, 0.15) is 0 Å². The topological polar surface area (TPSA) is 117 Å². The number of carbonyl (C=O) groups excluding carboxylic acids is 1. The molecule has 208 valence electrons. The lowest BCUT2D eigenvalue weighted by molar-refractivity contribution is -0.126. The Morgan fingerprint density at radius 1 is 1.03 bits per heavy atom. The fourth-order valence-electron chi connectivity index (χ4n) is 6.69. The highest BCUT2D eigenvalue weighted by Gasteiger charge is 2.38. The summed E-state index contributed by atoms with van der Waals surface area (Å²) in [5.41, 5.74) is 7.15. The first-order chi connectivity index (χ1) is 17.7. The first kappa shape index (κ1) is 28.2. The van der Waals surface area contributed by atoms with Crippen molar-refractivity contribution in [1.29, 1.82) is 0 Å². The average Bonchev–Trinajstić information content (AvgIpc) is 3.34. The largest absolute Gasteiger partial charge is 0.356 e. The van der Waals surface area contributed by atoms with Crippen molar-refractivity contribution in [2.45, 2.75) is 82.7 Å². The number of carbonyl (C=O) groups is 1. The van der Waals surface area contributed by atoms with Gasteiger partial charge in [-0.05, 0) is 83.6 Å². The molecule has 1 saturated carbocycles. The quantitative estimate of drug-likeness (QED) is 0.165. The van der Waals surface area contributed by atoms with E-state index in [2.05, 4.69) is 54.6 Å². The van der Waals surface area contributed by atoms with E-state index in [0.29, 0.717) is 30.1 Å². The number of nitrogens with zero attached hydrogens (tertiary/aromatic N) is 1. The second-order valence-corrected chi connectivity index (χ2v) is 11.4. The van der Waals surface area contributed by atoms with E-state index < -0.39 is 0 Å². The molecule has 0 aromatic heterocycles. The standard InChI is InChI=1S/C26H53N9O/c1-3-19-15-28-11-8-21(19)16-31-26(36)20-6-4-7-22(14-20)30-17-24-33-34-25(23-9-12-29-18-32-23)35(24)13-5-10-27-2/h19-25,27-30,32-34H,3-18H2,1-2H3,(H,31,36). The van der Waals surface area contributed by atoms with Crippen molar-refractivity contribution in [1.82, 2.24) is 47.7 Å². The fraction of sp³-hybridized carbons (Fsp3) is 0.962. The van der Waals surface area contributed by atoms with Gasteiger partial charge in [0.2, 0.25) is 5.91 Å². The molecule has 3 aliphatic heterocycles. The molecule has 0 bridgehead atoms. The van der Waals surface area contributed by atoms with Crippen LogP contribution in [0.3, 0.4) is 0 Å². The van der Waals surface area contributed by atoms with Gasteiger partial charge >= 0.3 is 0 Å². The summed E-state index contributed by atoms with van der Waals surface area (Å²) in [4.78, 5) is 15.6. The van der Waals surface area contributed by atoms with Crippen LogP contribution in [0.1, 0.15) is 58.3 Å². The minimum absolute atomic E-state index is 0.145. The third kappa shape index (κ3) is 7.83. The van der Waals surface area contributed by atoms with Gasteiger partial charge in [0, 0.05) is 44.3 Å². The van der Waals surface area contributed by atoms with Crippen molar-refractivity contribution in [2.24, 2.45) is 17.8 Å². The normalized spacial score (nSPS) is 36.1. The zero-order valence-corrected chi connectivity index (χ0v) is 22.7. The minimum atomic E-state index is 0.145. The Labute approximate surface area is 218 Å². The number of hydrogen-bond donors (Lipinski definition) is 8. The third-order valence-corrected chi connectivity index (χ3v) is 8.97. The van der Waals surface area contributed by atoms with Crippen LogP contribution in [0, 0.1) is 17.8 Å². The van der Waals surface area contributed by atoms with Crippen molar-refractivity contribution >= 4 is 5.91 Å². The molecule has 1 aliphatic carbocycles. The van der Waals surface area contributed by atoms with Crippen molar-refractivity contribution in [3.05, 3.63) is 0 Å². The van der Waals surface area contributed by atoms with E-state index in [0.717, 1.165) is 91.0 Å². The zero-order chi connectivity index (χ0) is 25.2. The Morgan fingerprint density at radius 3 is 2.72 bits per heavy atom. The predicted molar refractivity (Wildman–Crippen MR) is 145 cm³/mol. The Kier molecular flexibility index (Phi) is 11.7. The maximum absolute atomic E-state index is 13.1.